The van der Waals surface area contributed by atoms with Crippen molar-refractivity contribution in [1.82, 2.24) is 0 Å². The van der Waals surface area contributed by atoms with E-state index in [1.165, 1.54) is 0 Å². The van der Waals surface area contributed by atoms with Gasteiger partial charge in [-0.25, -0.2) is 0 Å². The summed E-state index contributed by atoms with van der Waals surface area (Å²) < 4.78 is 17.4. The summed E-state index contributed by atoms with van der Waals surface area (Å²) in [6, 6.07) is 5.49. The Morgan fingerprint density at radius 3 is 2.79 bits per heavy atom. The molecule has 0 spiro atoms. The molecule has 76 valence electrons. The largest absolute Gasteiger partial charge is 0.548 e. The van der Waals surface area contributed by atoms with E-state index in [0.29, 0.717) is 18.5 Å². The molecule has 0 saturated carbocycles. The third kappa shape index (κ3) is 3.14. The Balaban J connectivity index is 2.96. The highest BCUT2D eigenvalue weighted by Crippen LogP contribution is 2.24. The summed E-state index contributed by atoms with van der Waals surface area (Å²) in [5.74, 6) is 0. The molecule has 1 aromatic carbocycles. The van der Waals surface area contributed by atoms with Crippen LogP contribution in [0, 0.1) is 0 Å². The van der Waals surface area contributed by atoms with Gasteiger partial charge in [-0.15, -0.1) is 4.52 Å². The molecule has 0 bridgehead atoms. The van der Waals surface area contributed by atoms with E-state index in [1.54, 1.807) is 12.1 Å². The van der Waals surface area contributed by atoms with Crippen LogP contribution < -0.4 is 11.0 Å². The summed E-state index contributed by atoms with van der Waals surface area (Å²) in [4.78, 5) is 0. The predicted octanol–water partition coefficient (Wildman–Crippen LogP) is 2.31. The lowest BCUT2D eigenvalue weighted by molar-refractivity contribution is 0.357. The van der Waals surface area contributed by atoms with Crippen LogP contribution in [0.3, 0.4) is 0 Å². The van der Waals surface area contributed by atoms with Gasteiger partial charge in [0.1, 0.15) is 6.61 Å². The Morgan fingerprint density at radius 2 is 2.21 bits per heavy atom. The van der Waals surface area contributed by atoms with Crippen LogP contribution in [0.15, 0.2) is 22.7 Å². The quantitative estimate of drug-likeness (QED) is 0.859. The first-order chi connectivity index (χ1) is 6.67. The monoisotopic (exact) mass is 276 g/mol. The van der Waals surface area contributed by atoms with Crippen LogP contribution in [-0.4, -0.2) is 6.61 Å². The van der Waals surface area contributed by atoms with Crippen LogP contribution in [0.4, 0.5) is 0 Å². The lowest BCUT2D eigenvalue weighted by Crippen LogP contribution is -2.04. The minimum absolute atomic E-state index is 0.432. The first-order valence-corrected chi connectivity index (χ1v) is 6.24. The van der Waals surface area contributed by atoms with Crippen LogP contribution in [0.5, 0.6) is 0 Å². The molecule has 0 aliphatic carbocycles. The van der Waals surface area contributed by atoms with Crippen molar-refractivity contribution >= 4 is 29.3 Å². The fourth-order valence-corrected chi connectivity index (χ4v) is 2.67. The van der Waals surface area contributed by atoms with Gasteiger partial charge in [0.2, 0.25) is 5.30 Å². The van der Waals surface area contributed by atoms with Crippen molar-refractivity contribution in [3.05, 3.63) is 28.2 Å². The number of benzene rings is 1. The summed E-state index contributed by atoms with van der Waals surface area (Å²) in [5, 5.41) is 0.677. The van der Waals surface area contributed by atoms with Crippen LogP contribution >= 0.6 is 24.0 Å². The fraction of sp³-hybridized carbons (Fsp3) is 0.333. The fourth-order valence-electron chi connectivity index (χ4n) is 1.05. The van der Waals surface area contributed by atoms with Crippen molar-refractivity contribution in [2.75, 3.05) is 6.61 Å². The maximum atomic E-state index is 11.5. The van der Waals surface area contributed by atoms with Gasteiger partial charge in [-0.2, -0.15) is 0 Å². The number of rotatable bonds is 4. The lowest BCUT2D eigenvalue weighted by Gasteiger charge is -1.96. The molecule has 0 aliphatic rings. The Bertz CT molecular complexity index is 344. The molecular formula is C9H12BrNO2P+. The molecule has 0 aliphatic heterocycles. The van der Waals surface area contributed by atoms with Gasteiger partial charge in [0, 0.05) is 17.1 Å². The van der Waals surface area contributed by atoms with Crippen molar-refractivity contribution in [3.63, 3.8) is 0 Å². The van der Waals surface area contributed by atoms with Gasteiger partial charge in [0.15, 0.2) is 0 Å². The van der Waals surface area contributed by atoms with Crippen molar-refractivity contribution in [2.45, 2.75) is 13.5 Å². The zero-order valence-electron chi connectivity index (χ0n) is 7.87. The lowest BCUT2D eigenvalue weighted by atomic mass is 10.2. The minimum Gasteiger partial charge on any atom is -0.326 e. The molecule has 14 heavy (non-hydrogen) atoms. The molecule has 5 heteroatoms. The molecule has 0 fully saturated rings. The van der Waals surface area contributed by atoms with Gasteiger partial charge in [-0.1, -0.05) is 15.9 Å². The Morgan fingerprint density at radius 1 is 1.50 bits per heavy atom. The summed E-state index contributed by atoms with van der Waals surface area (Å²) in [7, 11) is -1.75. The van der Waals surface area contributed by atoms with E-state index in [4.69, 9.17) is 10.3 Å². The van der Waals surface area contributed by atoms with Crippen LogP contribution in [-0.2, 0) is 15.6 Å². The van der Waals surface area contributed by atoms with Crippen molar-refractivity contribution in [3.8, 4) is 0 Å². The summed E-state index contributed by atoms with van der Waals surface area (Å²) in [6.45, 7) is 2.69. The molecule has 0 radical (unpaired) electrons. The average molecular weight is 277 g/mol. The van der Waals surface area contributed by atoms with Crippen LogP contribution in [0.25, 0.3) is 0 Å². The van der Waals surface area contributed by atoms with E-state index < -0.39 is 8.03 Å². The summed E-state index contributed by atoms with van der Waals surface area (Å²) in [5.41, 5.74) is 6.45. The van der Waals surface area contributed by atoms with Gasteiger partial charge in [-0.3, -0.25) is 0 Å². The van der Waals surface area contributed by atoms with E-state index in [9.17, 15) is 4.57 Å². The number of halogens is 1. The second-order valence-electron chi connectivity index (χ2n) is 2.70. The van der Waals surface area contributed by atoms with E-state index in [0.717, 1.165) is 10.0 Å². The molecule has 1 aromatic rings. The molecule has 1 unspecified atom stereocenters. The van der Waals surface area contributed by atoms with Crippen LogP contribution in [0.2, 0.25) is 0 Å². The molecule has 0 heterocycles. The van der Waals surface area contributed by atoms with E-state index in [1.807, 2.05) is 13.0 Å². The summed E-state index contributed by atoms with van der Waals surface area (Å²) in [6.07, 6.45) is 0. The van der Waals surface area contributed by atoms with E-state index in [-0.39, 0.29) is 0 Å². The second-order valence-corrected chi connectivity index (χ2v) is 4.90. The van der Waals surface area contributed by atoms with Crippen molar-refractivity contribution in [1.29, 1.82) is 0 Å². The minimum atomic E-state index is -1.75. The highest BCUT2D eigenvalue weighted by atomic mass is 79.9. The van der Waals surface area contributed by atoms with Crippen molar-refractivity contribution < 1.29 is 9.09 Å². The Labute approximate surface area is 92.6 Å². The number of nitrogens with two attached hydrogens (primary N) is 1. The first-order valence-electron chi connectivity index (χ1n) is 4.27. The zero-order chi connectivity index (χ0) is 10.6. The van der Waals surface area contributed by atoms with Gasteiger partial charge < -0.3 is 5.73 Å². The maximum absolute atomic E-state index is 11.5. The molecule has 1 atom stereocenters. The van der Waals surface area contributed by atoms with E-state index in [2.05, 4.69) is 15.9 Å². The topological polar surface area (TPSA) is 52.3 Å². The molecule has 2 N–H and O–H groups in total. The SMILES string of the molecule is CCO[P+](=O)c1cc(Br)cc(CN)c1. The third-order valence-electron chi connectivity index (χ3n) is 1.64. The summed E-state index contributed by atoms with van der Waals surface area (Å²) >= 11 is 3.33. The van der Waals surface area contributed by atoms with E-state index >= 15 is 0 Å². The average Bonchev–Trinajstić information content (AvgIpc) is 2.17. The number of hydrogen-bond acceptors (Lipinski definition) is 3. The molecule has 0 amide bonds. The standard InChI is InChI=1S/C9H12BrNO2P/c1-2-13-14(12)9-4-7(6-11)3-8(10)5-9/h3-5H,2,6,11H2,1H3/q+1. The van der Waals surface area contributed by atoms with Crippen molar-refractivity contribution in [2.24, 2.45) is 5.73 Å². The Hall–Kier alpha value is -0.280. The highest BCUT2D eigenvalue weighted by molar-refractivity contribution is 9.10. The smallest absolute Gasteiger partial charge is 0.326 e. The molecule has 3 nitrogen and oxygen atoms in total. The normalized spacial score (nSPS) is 11.5. The molecule has 1 rings (SSSR count). The van der Waals surface area contributed by atoms with Gasteiger partial charge in [0.05, 0.1) is 0 Å². The van der Waals surface area contributed by atoms with Gasteiger partial charge in [0.25, 0.3) is 0 Å². The Kier molecular flexibility index (Phi) is 4.69. The molecular weight excluding hydrogens is 265 g/mol. The third-order valence-corrected chi connectivity index (χ3v) is 3.27. The number of hydrogen-bond donors (Lipinski definition) is 1. The van der Waals surface area contributed by atoms with Crippen LogP contribution in [0.1, 0.15) is 12.5 Å². The van der Waals surface area contributed by atoms with Gasteiger partial charge in [-0.05, 0) is 29.2 Å². The highest BCUT2D eigenvalue weighted by Gasteiger charge is 2.22. The van der Waals surface area contributed by atoms with Gasteiger partial charge >= 0.3 is 8.03 Å². The zero-order valence-corrected chi connectivity index (χ0v) is 10.3. The molecule has 0 aromatic heterocycles. The first kappa shape index (κ1) is 11.8. The maximum Gasteiger partial charge on any atom is 0.548 e. The second kappa shape index (κ2) is 5.56. The molecule has 0 saturated heterocycles. The predicted molar refractivity (Wildman–Crippen MR) is 60.9 cm³/mol.